The molecule has 0 aliphatic carbocycles. The lowest BCUT2D eigenvalue weighted by atomic mass is 10.0. The zero-order valence-corrected chi connectivity index (χ0v) is 12.0. The molecule has 0 bridgehead atoms. The van der Waals surface area contributed by atoms with Crippen molar-refractivity contribution in [2.75, 3.05) is 0 Å². The van der Waals surface area contributed by atoms with Gasteiger partial charge in [0, 0.05) is 6.20 Å². The summed E-state index contributed by atoms with van der Waals surface area (Å²) in [5, 5.41) is 0.588. The smallest absolute Gasteiger partial charge is 0.271 e. The standard InChI is InChI=1S/C13H10Cl2F3N3/c14-9-3-1-2-8(11(9)15)12(21-19)10-5-4-7(6-20-10)13(16,17)18/h1-6,12,21H,19H2. The number of hydrogen-bond donors (Lipinski definition) is 2. The number of hydrogen-bond acceptors (Lipinski definition) is 3. The molecule has 21 heavy (non-hydrogen) atoms. The number of nitrogens with zero attached hydrogens (tertiary/aromatic N) is 1. The van der Waals surface area contributed by atoms with E-state index in [2.05, 4.69) is 10.4 Å². The van der Waals surface area contributed by atoms with E-state index in [1.54, 1.807) is 18.2 Å². The van der Waals surface area contributed by atoms with Gasteiger partial charge in [0.05, 0.1) is 27.3 Å². The monoisotopic (exact) mass is 335 g/mol. The van der Waals surface area contributed by atoms with Gasteiger partial charge in [-0.05, 0) is 23.8 Å². The van der Waals surface area contributed by atoms with E-state index in [1.165, 1.54) is 6.07 Å². The normalized spacial score (nSPS) is 13.2. The molecule has 1 aromatic carbocycles. The Morgan fingerprint density at radius 2 is 1.86 bits per heavy atom. The largest absolute Gasteiger partial charge is 0.417 e. The van der Waals surface area contributed by atoms with Crippen LogP contribution in [-0.4, -0.2) is 4.98 Å². The van der Waals surface area contributed by atoms with Crippen LogP contribution in [-0.2, 0) is 6.18 Å². The number of nitrogens with one attached hydrogen (secondary N) is 1. The van der Waals surface area contributed by atoms with Crippen LogP contribution in [0.5, 0.6) is 0 Å². The molecule has 2 aromatic rings. The van der Waals surface area contributed by atoms with Crippen LogP contribution in [0.15, 0.2) is 36.5 Å². The molecule has 0 saturated heterocycles. The highest BCUT2D eigenvalue weighted by Crippen LogP contribution is 2.33. The van der Waals surface area contributed by atoms with E-state index in [4.69, 9.17) is 29.0 Å². The molecule has 1 unspecified atom stereocenters. The number of nitrogens with two attached hydrogens (primary N) is 1. The second-order valence-electron chi connectivity index (χ2n) is 4.21. The van der Waals surface area contributed by atoms with Gasteiger partial charge in [0.25, 0.3) is 0 Å². The molecule has 2 rings (SSSR count). The first-order valence-electron chi connectivity index (χ1n) is 5.77. The molecule has 8 heteroatoms. The molecule has 0 spiro atoms. The SMILES string of the molecule is NNC(c1ccc(C(F)(F)F)cn1)c1cccc(Cl)c1Cl. The number of pyridine rings is 1. The minimum absolute atomic E-state index is 0.267. The average Bonchev–Trinajstić information content (AvgIpc) is 2.44. The highest BCUT2D eigenvalue weighted by molar-refractivity contribution is 6.42. The van der Waals surface area contributed by atoms with Gasteiger partial charge < -0.3 is 0 Å². The summed E-state index contributed by atoms with van der Waals surface area (Å²) in [6.07, 6.45) is -3.69. The van der Waals surface area contributed by atoms with Gasteiger partial charge in [0.2, 0.25) is 0 Å². The number of aromatic nitrogens is 1. The van der Waals surface area contributed by atoms with E-state index in [1.807, 2.05) is 0 Å². The fraction of sp³-hybridized carbons (Fsp3) is 0.154. The highest BCUT2D eigenvalue weighted by atomic mass is 35.5. The summed E-state index contributed by atoms with van der Waals surface area (Å²) in [6.45, 7) is 0. The van der Waals surface area contributed by atoms with E-state index < -0.39 is 17.8 Å². The molecule has 0 radical (unpaired) electrons. The average molecular weight is 336 g/mol. The highest BCUT2D eigenvalue weighted by Gasteiger charge is 2.31. The Morgan fingerprint density at radius 1 is 1.14 bits per heavy atom. The van der Waals surface area contributed by atoms with Crippen molar-refractivity contribution in [3.05, 3.63) is 63.4 Å². The first-order valence-corrected chi connectivity index (χ1v) is 6.53. The summed E-state index contributed by atoms with van der Waals surface area (Å²) in [5.41, 5.74) is 2.47. The second kappa shape index (κ2) is 6.19. The number of rotatable bonds is 3. The van der Waals surface area contributed by atoms with E-state index in [0.717, 1.165) is 12.3 Å². The first kappa shape index (κ1) is 16.0. The summed E-state index contributed by atoms with van der Waals surface area (Å²) in [6, 6.07) is 6.44. The van der Waals surface area contributed by atoms with Crippen LogP contribution in [0, 0.1) is 0 Å². The van der Waals surface area contributed by atoms with Gasteiger partial charge in [-0.1, -0.05) is 35.3 Å². The van der Waals surface area contributed by atoms with Gasteiger partial charge >= 0.3 is 6.18 Å². The van der Waals surface area contributed by atoms with Crippen molar-refractivity contribution >= 4 is 23.2 Å². The molecular weight excluding hydrogens is 326 g/mol. The summed E-state index contributed by atoms with van der Waals surface area (Å²) >= 11 is 12.0. The molecule has 0 aliphatic heterocycles. The Kier molecular flexibility index (Phi) is 4.73. The molecular formula is C13H10Cl2F3N3. The third kappa shape index (κ3) is 3.47. The third-order valence-corrected chi connectivity index (χ3v) is 3.70. The van der Waals surface area contributed by atoms with Gasteiger partial charge in [-0.3, -0.25) is 10.8 Å². The minimum Gasteiger partial charge on any atom is -0.271 e. The molecule has 1 atom stereocenters. The van der Waals surface area contributed by atoms with Crippen molar-refractivity contribution < 1.29 is 13.2 Å². The van der Waals surface area contributed by atoms with Crippen molar-refractivity contribution in [1.82, 2.24) is 10.4 Å². The summed E-state index contributed by atoms with van der Waals surface area (Å²) < 4.78 is 37.6. The third-order valence-electron chi connectivity index (χ3n) is 2.87. The molecule has 0 aliphatic rings. The lowest BCUT2D eigenvalue weighted by Gasteiger charge is -2.18. The maximum absolute atomic E-state index is 12.5. The molecule has 3 nitrogen and oxygen atoms in total. The zero-order chi connectivity index (χ0) is 15.6. The lowest BCUT2D eigenvalue weighted by Crippen LogP contribution is -2.29. The second-order valence-corrected chi connectivity index (χ2v) is 5.00. The first-order chi connectivity index (χ1) is 9.84. The molecule has 1 aromatic heterocycles. The van der Waals surface area contributed by atoms with Gasteiger partial charge in [0.15, 0.2) is 0 Å². The van der Waals surface area contributed by atoms with Crippen LogP contribution < -0.4 is 11.3 Å². The molecule has 1 heterocycles. The Labute approximate surface area is 128 Å². The Hall–Kier alpha value is -1.34. The van der Waals surface area contributed by atoms with Crippen LogP contribution in [0.3, 0.4) is 0 Å². The van der Waals surface area contributed by atoms with Gasteiger partial charge in [0.1, 0.15) is 0 Å². The Morgan fingerprint density at radius 3 is 2.38 bits per heavy atom. The van der Waals surface area contributed by atoms with Crippen LogP contribution >= 0.6 is 23.2 Å². The quantitative estimate of drug-likeness (QED) is 0.659. The molecule has 0 saturated carbocycles. The minimum atomic E-state index is -4.44. The van der Waals surface area contributed by atoms with E-state index in [0.29, 0.717) is 16.3 Å². The predicted octanol–water partition coefficient (Wildman–Crippen LogP) is 3.96. The van der Waals surface area contributed by atoms with E-state index >= 15 is 0 Å². The summed E-state index contributed by atoms with van der Waals surface area (Å²) in [4.78, 5) is 3.80. The number of hydrazine groups is 1. The van der Waals surface area contributed by atoms with Gasteiger partial charge in [-0.25, -0.2) is 5.43 Å². The van der Waals surface area contributed by atoms with Crippen molar-refractivity contribution in [2.45, 2.75) is 12.2 Å². The van der Waals surface area contributed by atoms with E-state index in [-0.39, 0.29) is 5.02 Å². The fourth-order valence-electron chi connectivity index (χ4n) is 1.82. The summed E-state index contributed by atoms with van der Waals surface area (Å²) in [5.74, 6) is 5.47. The fourth-order valence-corrected chi connectivity index (χ4v) is 2.24. The van der Waals surface area contributed by atoms with E-state index in [9.17, 15) is 13.2 Å². The van der Waals surface area contributed by atoms with Crippen LogP contribution in [0.1, 0.15) is 22.9 Å². The van der Waals surface area contributed by atoms with Crippen molar-refractivity contribution in [1.29, 1.82) is 0 Å². The zero-order valence-electron chi connectivity index (χ0n) is 10.5. The molecule has 0 amide bonds. The number of halogens is 5. The Balaban J connectivity index is 2.40. The topological polar surface area (TPSA) is 50.9 Å². The maximum Gasteiger partial charge on any atom is 0.417 e. The van der Waals surface area contributed by atoms with Gasteiger partial charge in [-0.15, -0.1) is 0 Å². The van der Waals surface area contributed by atoms with Crippen molar-refractivity contribution in [3.8, 4) is 0 Å². The molecule has 0 fully saturated rings. The van der Waals surface area contributed by atoms with Crippen molar-refractivity contribution in [2.24, 2.45) is 5.84 Å². The number of benzene rings is 1. The predicted molar refractivity (Wildman–Crippen MR) is 74.9 cm³/mol. The van der Waals surface area contributed by atoms with Crippen LogP contribution in [0.2, 0.25) is 10.0 Å². The van der Waals surface area contributed by atoms with Crippen LogP contribution in [0.4, 0.5) is 13.2 Å². The maximum atomic E-state index is 12.5. The molecule has 3 N–H and O–H groups in total. The van der Waals surface area contributed by atoms with Crippen molar-refractivity contribution in [3.63, 3.8) is 0 Å². The molecule has 112 valence electrons. The lowest BCUT2D eigenvalue weighted by molar-refractivity contribution is -0.137. The summed E-state index contributed by atoms with van der Waals surface area (Å²) in [7, 11) is 0. The van der Waals surface area contributed by atoms with Crippen LogP contribution in [0.25, 0.3) is 0 Å². The van der Waals surface area contributed by atoms with Gasteiger partial charge in [-0.2, -0.15) is 13.2 Å². The number of alkyl halides is 3. The Bertz CT molecular complexity index is 630.